The molecule has 23 heavy (non-hydrogen) atoms. The van der Waals surface area contributed by atoms with Crippen molar-refractivity contribution in [3.8, 4) is 0 Å². The quantitative estimate of drug-likeness (QED) is 0.873. The van der Waals surface area contributed by atoms with Crippen LogP contribution in [0.5, 0.6) is 0 Å². The average Bonchev–Trinajstić information content (AvgIpc) is 2.90. The van der Waals surface area contributed by atoms with E-state index in [4.69, 9.17) is 16.3 Å². The van der Waals surface area contributed by atoms with Crippen LogP contribution in [-0.2, 0) is 16.1 Å². The zero-order valence-corrected chi connectivity index (χ0v) is 13.4. The average molecular weight is 338 g/mol. The van der Waals surface area contributed by atoms with Gasteiger partial charge >= 0.3 is 6.09 Å². The fraction of sp³-hybridized carbons (Fsp3) is 0.286. The summed E-state index contributed by atoms with van der Waals surface area (Å²) in [5.41, 5.74) is 1.51. The molecule has 0 spiro atoms. The van der Waals surface area contributed by atoms with E-state index in [1.807, 2.05) is 13.0 Å². The van der Waals surface area contributed by atoms with E-state index in [1.54, 1.807) is 19.1 Å². The lowest BCUT2D eigenvalue weighted by molar-refractivity contribution is -0.117. The zero-order chi connectivity index (χ0) is 16.8. The first-order valence-corrected chi connectivity index (χ1v) is 7.25. The van der Waals surface area contributed by atoms with E-state index in [-0.39, 0.29) is 24.9 Å². The van der Waals surface area contributed by atoms with Crippen molar-refractivity contribution < 1.29 is 14.3 Å². The van der Waals surface area contributed by atoms with Crippen molar-refractivity contribution in [3.63, 3.8) is 0 Å². The van der Waals surface area contributed by atoms with E-state index < -0.39 is 6.09 Å². The fourth-order valence-electron chi connectivity index (χ4n) is 1.75. The number of aryl methyl sites for hydroxylation is 1. The smallest absolute Gasteiger partial charge is 0.412 e. The summed E-state index contributed by atoms with van der Waals surface area (Å²) in [7, 11) is 0. The van der Waals surface area contributed by atoms with Gasteiger partial charge in [0.2, 0.25) is 5.91 Å². The number of anilines is 2. The highest BCUT2D eigenvalue weighted by Crippen LogP contribution is 2.20. The SMILES string of the molecule is CCOC(=O)Nc1cnn(CC(=O)Nc2cc(Cl)ccc2C)n1. The second-order valence-corrected chi connectivity index (χ2v) is 5.05. The maximum absolute atomic E-state index is 12.0. The largest absolute Gasteiger partial charge is 0.450 e. The van der Waals surface area contributed by atoms with Gasteiger partial charge in [0, 0.05) is 10.7 Å². The number of aromatic nitrogens is 3. The van der Waals surface area contributed by atoms with Crippen molar-refractivity contribution in [2.24, 2.45) is 0 Å². The van der Waals surface area contributed by atoms with Crippen LogP contribution in [0.2, 0.25) is 5.02 Å². The Kier molecular flexibility index (Phi) is 5.53. The molecule has 1 aromatic carbocycles. The van der Waals surface area contributed by atoms with Crippen molar-refractivity contribution >= 4 is 35.1 Å². The van der Waals surface area contributed by atoms with Gasteiger partial charge in [-0.1, -0.05) is 17.7 Å². The van der Waals surface area contributed by atoms with Crippen LogP contribution >= 0.6 is 11.6 Å². The molecule has 0 aliphatic rings. The van der Waals surface area contributed by atoms with Crippen LogP contribution in [0.15, 0.2) is 24.4 Å². The van der Waals surface area contributed by atoms with E-state index in [9.17, 15) is 9.59 Å². The lowest BCUT2D eigenvalue weighted by atomic mass is 10.2. The molecule has 122 valence electrons. The topological polar surface area (TPSA) is 98.1 Å². The molecule has 0 unspecified atom stereocenters. The number of rotatable bonds is 5. The summed E-state index contributed by atoms with van der Waals surface area (Å²) in [5, 5.41) is 13.5. The van der Waals surface area contributed by atoms with Gasteiger partial charge in [-0.3, -0.25) is 10.1 Å². The highest BCUT2D eigenvalue weighted by Gasteiger charge is 2.10. The van der Waals surface area contributed by atoms with Crippen LogP contribution in [0, 0.1) is 6.92 Å². The Hall–Kier alpha value is -2.61. The number of hydrogen-bond donors (Lipinski definition) is 2. The maximum Gasteiger partial charge on any atom is 0.412 e. The van der Waals surface area contributed by atoms with E-state index >= 15 is 0 Å². The monoisotopic (exact) mass is 337 g/mol. The predicted octanol–water partition coefficient (Wildman–Crippen LogP) is 2.45. The first-order valence-electron chi connectivity index (χ1n) is 6.88. The molecule has 2 aromatic rings. The van der Waals surface area contributed by atoms with Gasteiger partial charge < -0.3 is 10.1 Å². The van der Waals surface area contributed by atoms with Gasteiger partial charge in [0.15, 0.2) is 5.82 Å². The van der Waals surface area contributed by atoms with Crippen LogP contribution in [0.4, 0.5) is 16.3 Å². The number of carbonyl (C=O) groups excluding carboxylic acids is 2. The predicted molar refractivity (Wildman–Crippen MR) is 85.5 cm³/mol. The molecule has 0 atom stereocenters. The van der Waals surface area contributed by atoms with Crippen molar-refractivity contribution in [2.75, 3.05) is 17.2 Å². The van der Waals surface area contributed by atoms with Gasteiger partial charge in [0.1, 0.15) is 6.54 Å². The molecule has 2 N–H and O–H groups in total. The van der Waals surface area contributed by atoms with Gasteiger partial charge in [-0.2, -0.15) is 9.90 Å². The molecule has 8 nitrogen and oxygen atoms in total. The minimum absolute atomic E-state index is 0.101. The minimum atomic E-state index is -0.626. The first-order chi connectivity index (χ1) is 11.0. The maximum atomic E-state index is 12.0. The molecule has 0 aliphatic heterocycles. The summed E-state index contributed by atoms with van der Waals surface area (Å²) in [6.07, 6.45) is 0.702. The summed E-state index contributed by atoms with van der Waals surface area (Å²) in [4.78, 5) is 24.4. The third-order valence-electron chi connectivity index (χ3n) is 2.80. The Morgan fingerprint density at radius 1 is 1.35 bits per heavy atom. The van der Waals surface area contributed by atoms with Crippen LogP contribution < -0.4 is 10.6 Å². The van der Waals surface area contributed by atoms with Gasteiger partial charge in [0.05, 0.1) is 12.8 Å². The Bertz CT molecular complexity index is 716. The highest BCUT2D eigenvalue weighted by atomic mass is 35.5. The van der Waals surface area contributed by atoms with Gasteiger partial charge in [-0.05, 0) is 31.5 Å². The van der Waals surface area contributed by atoms with Gasteiger partial charge in [-0.25, -0.2) is 4.79 Å². The normalized spacial score (nSPS) is 10.2. The number of carbonyl (C=O) groups is 2. The van der Waals surface area contributed by atoms with E-state index in [0.29, 0.717) is 10.7 Å². The van der Waals surface area contributed by atoms with Crippen molar-refractivity contribution in [1.29, 1.82) is 0 Å². The molecular formula is C14H16ClN5O3. The number of ether oxygens (including phenoxy) is 1. The first kappa shape index (κ1) is 16.8. The molecule has 0 saturated heterocycles. The molecule has 0 radical (unpaired) electrons. The van der Waals surface area contributed by atoms with Crippen molar-refractivity contribution in [3.05, 3.63) is 35.0 Å². The number of halogens is 1. The summed E-state index contributed by atoms with van der Waals surface area (Å²) in [6, 6.07) is 5.22. The standard InChI is InChI=1S/C14H16ClN5O3/c1-3-23-14(22)18-12-7-16-20(19-12)8-13(21)17-11-6-10(15)5-4-9(11)2/h4-7H,3,8H2,1-2H3,(H,17,21)(H,18,19,22). The molecule has 0 saturated carbocycles. The van der Waals surface area contributed by atoms with E-state index in [2.05, 4.69) is 20.8 Å². The molecule has 2 rings (SSSR count). The zero-order valence-electron chi connectivity index (χ0n) is 12.7. The molecular weight excluding hydrogens is 322 g/mol. The Morgan fingerprint density at radius 2 is 2.13 bits per heavy atom. The number of nitrogens with zero attached hydrogens (tertiary/aromatic N) is 3. The molecule has 9 heteroatoms. The third-order valence-corrected chi connectivity index (χ3v) is 3.04. The second kappa shape index (κ2) is 7.59. The number of hydrogen-bond acceptors (Lipinski definition) is 5. The lowest BCUT2D eigenvalue weighted by Crippen LogP contribution is -2.21. The molecule has 0 fully saturated rings. The number of amides is 2. The minimum Gasteiger partial charge on any atom is -0.450 e. The van der Waals surface area contributed by atoms with Crippen molar-refractivity contribution in [2.45, 2.75) is 20.4 Å². The lowest BCUT2D eigenvalue weighted by Gasteiger charge is -2.08. The van der Waals surface area contributed by atoms with Gasteiger partial charge in [-0.15, -0.1) is 5.10 Å². The number of nitrogens with one attached hydrogen (secondary N) is 2. The Morgan fingerprint density at radius 3 is 2.87 bits per heavy atom. The summed E-state index contributed by atoms with van der Waals surface area (Å²) in [6.45, 7) is 3.70. The van der Waals surface area contributed by atoms with Crippen molar-refractivity contribution in [1.82, 2.24) is 15.0 Å². The summed E-state index contributed by atoms with van der Waals surface area (Å²) < 4.78 is 4.72. The van der Waals surface area contributed by atoms with Crippen LogP contribution in [0.25, 0.3) is 0 Å². The molecule has 0 aliphatic carbocycles. The molecule has 0 bridgehead atoms. The number of benzene rings is 1. The van der Waals surface area contributed by atoms with Crippen LogP contribution in [0.3, 0.4) is 0 Å². The Labute approximate surface area is 137 Å². The Balaban J connectivity index is 1.94. The third kappa shape index (κ3) is 4.96. The second-order valence-electron chi connectivity index (χ2n) is 4.61. The van der Waals surface area contributed by atoms with Crippen LogP contribution in [0.1, 0.15) is 12.5 Å². The molecule has 2 amide bonds. The highest BCUT2D eigenvalue weighted by molar-refractivity contribution is 6.31. The fourth-order valence-corrected chi connectivity index (χ4v) is 1.92. The summed E-state index contributed by atoms with van der Waals surface area (Å²) in [5.74, 6) is -0.108. The van der Waals surface area contributed by atoms with Gasteiger partial charge in [0.25, 0.3) is 0 Å². The molecule has 1 heterocycles. The summed E-state index contributed by atoms with van der Waals surface area (Å²) >= 11 is 5.90. The molecule has 1 aromatic heterocycles. The van der Waals surface area contributed by atoms with E-state index in [0.717, 1.165) is 10.4 Å². The van der Waals surface area contributed by atoms with Crippen LogP contribution in [-0.4, -0.2) is 33.6 Å². The van der Waals surface area contributed by atoms with E-state index in [1.165, 1.54) is 6.20 Å².